The van der Waals surface area contributed by atoms with Gasteiger partial charge in [-0.3, -0.25) is 4.79 Å². The smallest absolute Gasteiger partial charge is 0.223 e. The van der Waals surface area contributed by atoms with Crippen LogP contribution < -0.4 is 5.32 Å². The Kier molecular flexibility index (Phi) is 8.09. The van der Waals surface area contributed by atoms with Crippen LogP contribution in [0.4, 0.5) is 0 Å². The first-order chi connectivity index (χ1) is 10.1. The molecular formula is C17H24ClNO2. The average Bonchev–Trinajstić information content (AvgIpc) is 2.51. The van der Waals surface area contributed by atoms with Crippen LogP contribution in [0.5, 0.6) is 0 Å². The molecular weight excluding hydrogens is 286 g/mol. The van der Waals surface area contributed by atoms with Crippen LogP contribution in [0.25, 0.3) is 0 Å². The molecule has 1 aromatic carbocycles. The van der Waals surface area contributed by atoms with E-state index in [0.717, 1.165) is 18.4 Å². The van der Waals surface area contributed by atoms with Gasteiger partial charge in [0.25, 0.3) is 0 Å². The number of aliphatic hydroxyl groups is 1. The Morgan fingerprint density at radius 2 is 2.10 bits per heavy atom. The molecule has 0 aliphatic heterocycles. The standard InChI is InChI=1S/C17H24ClNO2/c1-3-8-15(11-7-12-18)17(21)19-13(2)16(20)14-9-5-4-6-10-14/h3-6,9-10,13,15-16,20H,1,7-8,11-12H2,2H3,(H,19,21)/t13-,15-,16+/m1/s1. The van der Waals surface area contributed by atoms with E-state index in [2.05, 4.69) is 11.9 Å². The van der Waals surface area contributed by atoms with Crippen molar-refractivity contribution in [1.82, 2.24) is 5.32 Å². The number of carbonyl (C=O) groups is 1. The van der Waals surface area contributed by atoms with Crippen molar-refractivity contribution >= 4 is 17.5 Å². The van der Waals surface area contributed by atoms with Crippen LogP contribution in [-0.2, 0) is 4.79 Å². The summed E-state index contributed by atoms with van der Waals surface area (Å²) in [5, 5.41) is 13.2. The number of carbonyl (C=O) groups excluding carboxylic acids is 1. The number of rotatable bonds is 9. The molecule has 0 heterocycles. The van der Waals surface area contributed by atoms with Gasteiger partial charge in [-0.1, -0.05) is 36.4 Å². The molecule has 4 heteroatoms. The van der Waals surface area contributed by atoms with E-state index in [9.17, 15) is 9.90 Å². The molecule has 0 saturated carbocycles. The third kappa shape index (κ3) is 5.90. The second kappa shape index (κ2) is 9.59. The van der Waals surface area contributed by atoms with Crippen molar-refractivity contribution in [3.8, 4) is 0 Å². The number of amides is 1. The Bertz CT molecular complexity index is 436. The van der Waals surface area contributed by atoms with E-state index in [1.807, 2.05) is 37.3 Å². The number of allylic oxidation sites excluding steroid dienone is 1. The van der Waals surface area contributed by atoms with Crippen LogP contribution in [0, 0.1) is 5.92 Å². The summed E-state index contributed by atoms with van der Waals surface area (Å²) in [6, 6.07) is 8.99. The summed E-state index contributed by atoms with van der Waals surface area (Å²) in [6.07, 6.45) is 3.18. The van der Waals surface area contributed by atoms with Crippen molar-refractivity contribution in [1.29, 1.82) is 0 Å². The van der Waals surface area contributed by atoms with Gasteiger partial charge in [-0.2, -0.15) is 0 Å². The second-order valence-electron chi connectivity index (χ2n) is 5.21. The minimum absolute atomic E-state index is 0.0532. The van der Waals surface area contributed by atoms with Gasteiger partial charge in [-0.05, 0) is 31.7 Å². The number of benzene rings is 1. The third-order valence-corrected chi connectivity index (χ3v) is 3.76. The lowest BCUT2D eigenvalue weighted by molar-refractivity contribution is -0.126. The monoisotopic (exact) mass is 309 g/mol. The Hall–Kier alpha value is -1.32. The molecule has 0 aliphatic rings. The summed E-state index contributed by atoms with van der Waals surface area (Å²) in [7, 11) is 0. The van der Waals surface area contributed by atoms with Crippen LogP contribution in [0.1, 0.15) is 37.9 Å². The molecule has 1 aromatic rings. The first-order valence-electron chi connectivity index (χ1n) is 7.30. The molecule has 0 fully saturated rings. The molecule has 0 saturated heterocycles. The first-order valence-corrected chi connectivity index (χ1v) is 7.83. The Morgan fingerprint density at radius 1 is 1.43 bits per heavy atom. The van der Waals surface area contributed by atoms with E-state index in [4.69, 9.17) is 11.6 Å². The van der Waals surface area contributed by atoms with Gasteiger partial charge in [0.1, 0.15) is 0 Å². The predicted octanol–water partition coefficient (Wildman–Crippen LogP) is 3.44. The van der Waals surface area contributed by atoms with E-state index in [1.54, 1.807) is 6.08 Å². The van der Waals surface area contributed by atoms with Gasteiger partial charge < -0.3 is 10.4 Å². The van der Waals surface area contributed by atoms with Gasteiger partial charge in [-0.15, -0.1) is 18.2 Å². The Balaban J connectivity index is 2.60. The zero-order valence-electron chi connectivity index (χ0n) is 12.5. The maximum Gasteiger partial charge on any atom is 0.223 e. The molecule has 3 nitrogen and oxygen atoms in total. The molecule has 0 aromatic heterocycles. The van der Waals surface area contributed by atoms with Crippen LogP contribution >= 0.6 is 11.6 Å². The summed E-state index contributed by atoms with van der Waals surface area (Å²) < 4.78 is 0. The highest BCUT2D eigenvalue weighted by Crippen LogP contribution is 2.18. The number of hydrogen-bond acceptors (Lipinski definition) is 2. The molecule has 3 atom stereocenters. The lowest BCUT2D eigenvalue weighted by Crippen LogP contribution is -2.40. The minimum Gasteiger partial charge on any atom is -0.386 e. The van der Waals surface area contributed by atoms with Crippen molar-refractivity contribution in [2.45, 2.75) is 38.3 Å². The SMILES string of the molecule is C=CC[C@H](CCCCl)C(=O)N[C@H](C)[C@H](O)c1ccccc1. The van der Waals surface area contributed by atoms with E-state index in [0.29, 0.717) is 12.3 Å². The zero-order chi connectivity index (χ0) is 15.7. The predicted molar refractivity (Wildman–Crippen MR) is 87.3 cm³/mol. The minimum atomic E-state index is -0.715. The fraction of sp³-hybridized carbons (Fsp3) is 0.471. The molecule has 0 radical (unpaired) electrons. The van der Waals surface area contributed by atoms with E-state index in [-0.39, 0.29) is 17.9 Å². The average molecular weight is 310 g/mol. The van der Waals surface area contributed by atoms with Gasteiger partial charge in [-0.25, -0.2) is 0 Å². The lowest BCUT2D eigenvalue weighted by Gasteiger charge is -2.23. The Labute approximate surface area is 132 Å². The molecule has 21 heavy (non-hydrogen) atoms. The number of alkyl halides is 1. The number of nitrogens with one attached hydrogen (secondary N) is 1. The normalized spacial score (nSPS) is 15.0. The maximum atomic E-state index is 12.3. The Morgan fingerprint density at radius 3 is 2.67 bits per heavy atom. The molecule has 1 rings (SSSR count). The van der Waals surface area contributed by atoms with Gasteiger partial charge in [0.2, 0.25) is 5.91 Å². The highest BCUT2D eigenvalue weighted by molar-refractivity contribution is 6.17. The summed E-state index contributed by atoms with van der Waals surface area (Å²) in [6.45, 7) is 5.50. The van der Waals surface area contributed by atoms with Crippen molar-refractivity contribution < 1.29 is 9.90 Å². The molecule has 0 spiro atoms. The highest BCUT2D eigenvalue weighted by atomic mass is 35.5. The zero-order valence-corrected chi connectivity index (χ0v) is 13.2. The number of halogens is 1. The fourth-order valence-corrected chi connectivity index (χ4v) is 2.40. The molecule has 1 amide bonds. The highest BCUT2D eigenvalue weighted by Gasteiger charge is 2.22. The maximum absolute atomic E-state index is 12.3. The first kappa shape index (κ1) is 17.7. The van der Waals surface area contributed by atoms with E-state index < -0.39 is 6.10 Å². The van der Waals surface area contributed by atoms with Crippen LogP contribution in [0.3, 0.4) is 0 Å². The number of hydrogen-bond donors (Lipinski definition) is 2. The van der Waals surface area contributed by atoms with Crippen molar-refractivity contribution in [2.24, 2.45) is 5.92 Å². The van der Waals surface area contributed by atoms with Gasteiger partial charge in [0.15, 0.2) is 0 Å². The van der Waals surface area contributed by atoms with Gasteiger partial charge in [0.05, 0.1) is 12.1 Å². The molecule has 0 aliphatic carbocycles. The second-order valence-corrected chi connectivity index (χ2v) is 5.58. The molecule has 0 unspecified atom stereocenters. The molecule has 0 bridgehead atoms. The molecule has 116 valence electrons. The van der Waals surface area contributed by atoms with Gasteiger partial charge >= 0.3 is 0 Å². The summed E-state index contributed by atoms with van der Waals surface area (Å²) >= 11 is 5.69. The fourth-order valence-electron chi connectivity index (χ4n) is 2.24. The van der Waals surface area contributed by atoms with Gasteiger partial charge in [0, 0.05) is 11.8 Å². The van der Waals surface area contributed by atoms with E-state index >= 15 is 0 Å². The van der Waals surface area contributed by atoms with Crippen LogP contribution in [0.15, 0.2) is 43.0 Å². The topological polar surface area (TPSA) is 49.3 Å². The summed E-state index contributed by atoms with van der Waals surface area (Å²) in [5.41, 5.74) is 0.798. The largest absolute Gasteiger partial charge is 0.386 e. The molecule has 2 N–H and O–H groups in total. The van der Waals surface area contributed by atoms with Crippen LogP contribution in [0.2, 0.25) is 0 Å². The van der Waals surface area contributed by atoms with Crippen molar-refractivity contribution in [3.63, 3.8) is 0 Å². The van der Waals surface area contributed by atoms with Crippen LogP contribution in [-0.4, -0.2) is 22.9 Å². The van der Waals surface area contributed by atoms with Crippen molar-refractivity contribution in [3.05, 3.63) is 48.6 Å². The number of aliphatic hydroxyl groups excluding tert-OH is 1. The quantitative estimate of drug-likeness (QED) is 0.542. The summed E-state index contributed by atoms with van der Waals surface area (Å²) in [4.78, 5) is 12.3. The lowest BCUT2D eigenvalue weighted by atomic mass is 9.97. The van der Waals surface area contributed by atoms with E-state index in [1.165, 1.54) is 0 Å². The third-order valence-electron chi connectivity index (χ3n) is 3.49. The summed E-state index contributed by atoms with van der Waals surface area (Å²) in [5.74, 6) is 0.359. The van der Waals surface area contributed by atoms with Crippen molar-refractivity contribution in [2.75, 3.05) is 5.88 Å².